The molecule has 130 valence electrons. The van der Waals surface area contributed by atoms with Crippen LogP contribution in [0.25, 0.3) is 10.9 Å². The normalized spacial score (nSPS) is 13.5. The molecule has 4 rings (SSSR count). The van der Waals surface area contributed by atoms with Crippen LogP contribution in [0.2, 0.25) is 0 Å². The number of fused-ring (bicyclic) bond motifs is 2. The number of nitro benzene ring substituents is 2. The van der Waals surface area contributed by atoms with E-state index in [0.29, 0.717) is 17.4 Å². The average Bonchev–Trinajstić information content (AvgIpc) is 2.66. The van der Waals surface area contributed by atoms with E-state index in [2.05, 4.69) is 9.88 Å². The third kappa shape index (κ3) is 2.81. The van der Waals surface area contributed by atoms with Gasteiger partial charge in [-0.05, 0) is 35.7 Å². The molecule has 0 bridgehead atoms. The SMILES string of the molecule is O=[N+]([O-])c1ccc2c(c1)CN(c1ccc3cc([N+](=O)[O-])ccc3n1)CC2. The summed E-state index contributed by atoms with van der Waals surface area (Å²) < 4.78 is 0. The summed E-state index contributed by atoms with van der Waals surface area (Å²) in [6.07, 6.45) is 0.785. The lowest BCUT2D eigenvalue weighted by Crippen LogP contribution is -2.31. The molecule has 0 atom stereocenters. The lowest BCUT2D eigenvalue weighted by atomic mass is 9.99. The molecule has 0 aliphatic carbocycles. The van der Waals surface area contributed by atoms with Crippen LogP contribution in [-0.2, 0) is 13.0 Å². The first-order chi connectivity index (χ1) is 12.5. The zero-order chi connectivity index (χ0) is 18.3. The Hall–Kier alpha value is -3.55. The zero-order valence-electron chi connectivity index (χ0n) is 13.7. The molecule has 1 aromatic heterocycles. The number of non-ortho nitro benzene ring substituents is 2. The minimum atomic E-state index is -0.429. The van der Waals surface area contributed by atoms with Crippen molar-refractivity contribution in [3.05, 3.63) is 79.9 Å². The van der Waals surface area contributed by atoms with Gasteiger partial charge in [0.05, 0.1) is 15.4 Å². The monoisotopic (exact) mass is 350 g/mol. The summed E-state index contributed by atoms with van der Waals surface area (Å²) >= 11 is 0. The first-order valence-corrected chi connectivity index (χ1v) is 8.07. The van der Waals surface area contributed by atoms with Crippen molar-refractivity contribution in [3.8, 4) is 0 Å². The van der Waals surface area contributed by atoms with E-state index in [0.717, 1.165) is 29.9 Å². The van der Waals surface area contributed by atoms with Gasteiger partial charge >= 0.3 is 0 Å². The minimum absolute atomic E-state index is 0.0336. The Morgan fingerprint density at radius 1 is 0.885 bits per heavy atom. The van der Waals surface area contributed by atoms with Gasteiger partial charge in [0, 0.05) is 42.7 Å². The molecule has 2 heterocycles. The molecule has 3 aromatic rings. The first-order valence-electron chi connectivity index (χ1n) is 8.07. The van der Waals surface area contributed by atoms with E-state index in [1.165, 1.54) is 18.2 Å². The van der Waals surface area contributed by atoms with E-state index in [1.807, 2.05) is 18.2 Å². The highest BCUT2D eigenvalue weighted by molar-refractivity contribution is 5.82. The van der Waals surface area contributed by atoms with Crippen molar-refractivity contribution < 1.29 is 9.85 Å². The quantitative estimate of drug-likeness (QED) is 0.528. The van der Waals surface area contributed by atoms with Gasteiger partial charge in [-0.3, -0.25) is 20.2 Å². The largest absolute Gasteiger partial charge is 0.352 e. The fraction of sp³-hybridized carbons (Fsp3) is 0.167. The van der Waals surface area contributed by atoms with E-state index in [1.54, 1.807) is 12.1 Å². The van der Waals surface area contributed by atoms with Crippen LogP contribution < -0.4 is 4.90 Å². The van der Waals surface area contributed by atoms with Crippen LogP contribution in [0.3, 0.4) is 0 Å². The zero-order valence-corrected chi connectivity index (χ0v) is 13.7. The summed E-state index contributed by atoms with van der Waals surface area (Å²) in [4.78, 5) is 27.7. The molecule has 0 spiro atoms. The van der Waals surface area contributed by atoms with E-state index in [-0.39, 0.29) is 16.3 Å². The maximum Gasteiger partial charge on any atom is 0.270 e. The minimum Gasteiger partial charge on any atom is -0.352 e. The lowest BCUT2D eigenvalue weighted by molar-refractivity contribution is -0.385. The van der Waals surface area contributed by atoms with E-state index in [9.17, 15) is 20.2 Å². The maximum atomic E-state index is 11.0. The number of benzene rings is 2. The molecule has 0 saturated heterocycles. The van der Waals surface area contributed by atoms with Crippen molar-refractivity contribution in [2.24, 2.45) is 0 Å². The third-order valence-corrected chi connectivity index (χ3v) is 4.61. The predicted octanol–water partition coefficient (Wildman–Crippen LogP) is 3.61. The summed E-state index contributed by atoms with van der Waals surface area (Å²) in [6, 6.07) is 13.2. The second kappa shape index (κ2) is 6.07. The molecule has 0 fully saturated rings. The first kappa shape index (κ1) is 15.9. The van der Waals surface area contributed by atoms with E-state index in [4.69, 9.17) is 0 Å². The van der Waals surface area contributed by atoms with Crippen molar-refractivity contribution in [1.82, 2.24) is 4.98 Å². The Morgan fingerprint density at radius 3 is 2.38 bits per heavy atom. The van der Waals surface area contributed by atoms with Crippen LogP contribution in [0.1, 0.15) is 11.1 Å². The van der Waals surface area contributed by atoms with Gasteiger partial charge in [-0.15, -0.1) is 0 Å². The van der Waals surface area contributed by atoms with Crippen LogP contribution in [0.15, 0.2) is 48.5 Å². The van der Waals surface area contributed by atoms with Crippen molar-refractivity contribution in [1.29, 1.82) is 0 Å². The number of rotatable bonds is 3. The number of pyridine rings is 1. The molecule has 1 aliphatic heterocycles. The summed E-state index contributed by atoms with van der Waals surface area (Å²) in [7, 11) is 0. The van der Waals surface area contributed by atoms with Gasteiger partial charge in [0.1, 0.15) is 5.82 Å². The summed E-state index contributed by atoms with van der Waals surface area (Å²) in [6.45, 7) is 1.30. The molecule has 8 nitrogen and oxygen atoms in total. The third-order valence-electron chi connectivity index (χ3n) is 4.61. The summed E-state index contributed by atoms with van der Waals surface area (Å²) in [5.74, 6) is 0.753. The number of hydrogen-bond donors (Lipinski definition) is 0. The van der Waals surface area contributed by atoms with Gasteiger partial charge in [0.15, 0.2) is 0 Å². The fourth-order valence-electron chi connectivity index (χ4n) is 3.24. The molecule has 0 N–H and O–H groups in total. The molecule has 26 heavy (non-hydrogen) atoms. The standard InChI is InChI=1S/C18H14N4O4/c23-21(24)15-3-1-12-7-8-20(11-14(12)10-15)18-6-2-13-9-16(22(25)26)4-5-17(13)19-18/h1-6,9-10H,7-8,11H2. The molecular weight excluding hydrogens is 336 g/mol. The van der Waals surface area contributed by atoms with Crippen LogP contribution in [0, 0.1) is 20.2 Å². The fourth-order valence-corrected chi connectivity index (χ4v) is 3.24. The Morgan fingerprint density at radius 2 is 1.62 bits per heavy atom. The summed E-state index contributed by atoms with van der Waals surface area (Å²) in [5.41, 5.74) is 2.84. The van der Waals surface area contributed by atoms with Gasteiger partial charge in [-0.1, -0.05) is 6.07 Å². The molecular formula is C18H14N4O4. The second-order valence-electron chi connectivity index (χ2n) is 6.19. The second-order valence-corrected chi connectivity index (χ2v) is 6.19. The molecule has 0 saturated carbocycles. The Labute approximate surface area is 148 Å². The molecule has 8 heteroatoms. The number of nitro groups is 2. The van der Waals surface area contributed by atoms with E-state index >= 15 is 0 Å². The topological polar surface area (TPSA) is 102 Å². The van der Waals surface area contributed by atoms with Gasteiger partial charge in [-0.25, -0.2) is 4.98 Å². The van der Waals surface area contributed by atoms with Crippen molar-refractivity contribution in [3.63, 3.8) is 0 Å². The number of nitrogens with zero attached hydrogens (tertiary/aromatic N) is 4. The number of aromatic nitrogens is 1. The van der Waals surface area contributed by atoms with Crippen molar-refractivity contribution in [2.75, 3.05) is 11.4 Å². The lowest BCUT2D eigenvalue weighted by Gasteiger charge is -2.29. The molecule has 0 amide bonds. The summed E-state index contributed by atoms with van der Waals surface area (Å²) in [5, 5.41) is 22.6. The molecule has 2 aromatic carbocycles. The highest BCUT2D eigenvalue weighted by Gasteiger charge is 2.20. The smallest absolute Gasteiger partial charge is 0.270 e. The van der Waals surface area contributed by atoms with E-state index < -0.39 is 4.92 Å². The maximum absolute atomic E-state index is 11.0. The highest BCUT2D eigenvalue weighted by atomic mass is 16.6. The molecule has 1 aliphatic rings. The molecule has 0 radical (unpaired) electrons. The average molecular weight is 350 g/mol. The van der Waals surface area contributed by atoms with Crippen LogP contribution in [0.5, 0.6) is 0 Å². The Bertz CT molecular complexity index is 1050. The van der Waals surface area contributed by atoms with Gasteiger partial charge in [-0.2, -0.15) is 0 Å². The Balaban J connectivity index is 1.66. The van der Waals surface area contributed by atoms with Crippen LogP contribution in [0.4, 0.5) is 17.2 Å². The van der Waals surface area contributed by atoms with Crippen molar-refractivity contribution in [2.45, 2.75) is 13.0 Å². The van der Waals surface area contributed by atoms with Gasteiger partial charge < -0.3 is 4.90 Å². The van der Waals surface area contributed by atoms with Gasteiger partial charge in [0.2, 0.25) is 0 Å². The number of hydrogen-bond acceptors (Lipinski definition) is 6. The van der Waals surface area contributed by atoms with Crippen LogP contribution in [-0.4, -0.2) is 21.4 Å². The van der Waals surface area contributed by atoms with Crippen molar-refractivity contribution >= 4 is 28.1 Å². The molecule has 0 unspecified atom stereocenters. The number of anilines is 1. The Kier molecular flexibility index (Phi) is 3.72. The van der Waals surface area contributed by atoms with Gasteiger partial charge in [0.25, 0.3) is 11.4 Å². The predicted molar refractivity (Wildman–Crippen MR) is 96.2 cm³/mol. The van der Waals surface area contributed by atoms with Crippen LogP contribution >= 0.6 is 0 Å². The highest BCUT2D eigenvalue weighted by Crippen LogP contribution is 2.28.